The minimum absolute atomic E-state index is 0.605. The number of carbonyl (C=O) groups is 1. The van der Waals surface area contributed by atoms with Crippen LogP contribution in [-0.2, 0) is 0 Å². The average molecular weight is 354 g/mol. The SMILES string of the molecule is O=Cc1cccn1-c1nc(-c2c3ccccc3cc3ccccc23)cs1. The monoisotopic (exact) mass is 354 g/mol. The Bertz CT molecular complexity index is 1210. The molecule has 0 unspecified atom stereocenters. The van der Waals surface area contributed by atoms with Crippen LogP contribution < -0.4 is 0 Å². The van der Waals surface area contributed by atoms with Crippen molar-refractivity contribution in [3.05, 3.63) is 84.0 Å². The average Bonchev–Trinajstić information content (AvgIpc) is 3.34. The van der Waals surface area contributed by atoms with Crippen molar-refractivity contribution in [3.8, 4) is 16.4 Å². The Morgan fingerprint density at radius 2 is 1.58 bits per heavy atom. The van der Waals surface area contributed by atoms with Gasteiger partial charge in [0.1, 0.15) is 0 Å². The molecule has 0 radical (unpaired) electrons. The van der Waals surface area contributed by atoms with Gasteiger partial charge in [-0.25, -0.2) is 4.98 Å². The standard InChI is InChI=1S/C22H14N2OS/c25-13-17-8-5-11-24(17)22-23-20(14-26-22)21-18-9-3-1-6-15(18)12-16-7-2-4-10-19(16)21/h1-14H. The molecule has 0 bridgehead atoms. The molecule has 5 rings (SSSR count). The Morgan fingerprint density at radius 3 is 2.27 bits per heavy atom. The van der Waals surface area contributed by atoms with Crippen LogP contribution in [0.5, 0.6) is 0 Å². The molecule has 3 nitrogen and oxygen atoms in total. The maximum Gasteiger partial charge on any atom is 0.194 e. The smallest absolute Gasteiger partial charge is 0.194 e. The normalized spacial score (nSPS) is 11.2. The summed E-state index contributed by atoms with van der Waals surface area (Å²) < 4.78 is 1.83. The van der Waals surface area contributed by atoms with Gasteiger partial charge in [-0.15, -0.1) is 11.3 Å². The Hall–Kier alpha value is -3.24. The van der Waals surface area contributed by atoms with Crippen LogP contribution in [0, 0.1) is 0 Å². The number of fused-ring (bicyclic) bond motifs is 2. The summed E-state index contributed by atoms with van der Waals surface area (Å²) in [5, 5.41) is 7.63. The minimum atomic E-state index is 0.605. The molecule has 0 aliphatic carbocycles. The van der Waals surface area contributed by atoms with Crippen LogP contribution in [0.25, 0.3) is 37.9 Å². The first kappa shape index (κ1) is 15.0. The van der Waals surface area contributed by atoms with E-state index in [1.807, 2.05) is 16.8 Å². The number of aromatic nitrogens is 2. The molecule has 0 aliphatic heterocycles. The summed E-state index contributed by atoms with van der Waals surface area (Å²) in [5.41, 5.74) is 2.68. The van der Waals surface area contributed by atoms with Crippen molar-refractivity contribution in [1.29, 1.82) is 0 Å². The second kappa shape index (κ2) is 5.93. The van der Waals surface area contributed by atoms with Gasteiger partial charge in [0.15, 0.2) is 11.4 Å². The molecule has 0 spiro atoms. The van der Waals surface area contributed by atoms with E-state index in [0.717, 1.165) is 22.7 Å². The summed E-state index contributed by atoms with van der Waals surface area (Å²) in [4.78, 5) is 16.1. The molecule has 0 aliphatic rings. The zero-order chi connectivity index (χ0) is 17.5. The topological polar surface area (TPSA) is 34.9 Å². The molecule has 0 amide bonds. The van der Waals surface area contributed by atoms with E-state index in [1.54, 1.807) is 17.4 Å². The summed E-state index contributed by atoms with van der Waals surface area (Å²) in [5.74, 6) is 0. The molecule has 4 heteroatoms. The Labute approximate surface area is 154 Å². The number of rotatable bonds is 3. The zero-order valence-corrected chi connectivity index (χ0v) is 14.6. The van der Waals surface area contributed by atoms with Gasteiger partial charge in [-0.1, -0.05) is 48.5 Å². The molecule has 0 atom stereocenters. The van der Waals surface area contributed by atoms with Crippen molar-refractivity contribution in [2.45, 2.75) is 0 Å². The van der Waals surface area contributed by atoms with Crippen LogP contribution in [0.2, 0.25) is 0 Å². The van der Waals surface area contributed by atoms with Gasteiger partial charge >= 0.3 is 0 Å². The molecular weight excluding hydrogens is 340 g/mol. The highest BCUT2D eigenvalue weighted by Crippen LogP contribution is 2.37. The minimum Gasteiger partial charge on any atom is -0.296 e. The number of nitrogens with zero attached hydrogens (tertiary/aromatic N) is 2. The molecular formula is C22H14N2OS. The molecule has 0 fully saturated rings. The van der Waals surface area contributed by atoms with Crippen LogP contribution in [0.3, 0.4) is 0 Å². The number of hydrogen-bond donors (Lipinski definition) is 0. The molecule has 124 valence electrons. The molecule has 2 aromatic heterocycles. The van der Waals surface area contributed by atoms with Crippen LogP contribution in [0.15, 0.2) is 78.3 Å². The third-order valence-corrected chi connectivity index (χ3v) is 5.47. The summed E-state index contributed by atoms with van der Waals surface area (Å²) in [6, 6.07) is 22.7. The summed E-state index contributed by atoms with van der Waals surface area (Å²) >= 11 is 1.54. The molecule has 2 heterocycles. The number of carbonyl (C=O) groups excluding carboxylic acids is 1. The lowest BCUT2D eigenvalue weighted by Crippen LogP contribution is -1.96. The van der Waals surface area contributed by atoms with Crippen molar-refractivity contribution in [2.24, 2.45) is 0 Å². The van der Waals surface area contributed by atoms with Crippen molar-refractivity contribution >= 4 is 39.2 Å². The van der Waals surface area contributed by atoms with Gasteiger partial charge < -0.3 is 0 Å². The third-order valence-electron chi connectivity index (χ3n) is 4.63. The largest absolute Gasteiger partial charge is 0.296 e. The number of thiazole rings is 1. The van der Waals surface area contributed by atoms with E-state index in [1.165, 1.54) is 21.5 Å². The van der Waals surface area contributed by atoms with Gasteiger partial charge in [0, 0.05) is 17.1 Å². The van der Waals surface area contributed by atoms with Crippen molar-refractivity contribution < 1.29 is 4.79 Å². The highest BCUT2D eigenvalue weighted by atomic mass is 32.1. The highest BCUT2D eigenvalue weighted by molar-refractivity contribution is 7.12. The van der Waals surface area contributed by atoms with Gasteiger partial charge in [-0.05, 0) is 39.7 Å². The lowest BCUT2D eigenvalue weighted by atomic mass is 9.95. The van der Waals surface area contributed by atoms with Gasteiger partial charge in [-0.3, -0.25) is 9.36 Å². The van der Waals surface area contributed by atoms with Crippen LogP contribution in [0.4, 0.5) is 0 Å². The lowest BCUT2D eigenvalue weighted by Gasteiger charge is -2.09. The lowest BCUT2D eigenvalue weighted by molar-refractivity contribution is 0.111. The van der Waals surface area contributed by atoms with Crippen molar-refractivity contribution in [1.82, 2.24) is 9.55 Å². The Kier molecular flexibility index (Phi) is 3.43. The molecule has 0 saturated carbocycles. The Balaban J connectivity index is 1.80. The van der Waals surface area contributed by atoms with E-state index in [9.17, 15) is 4.79 Å². The Morgan fingerprint density at radius 1 is 0.885 bits per heavy atom. The van der Waals surface area contributed by atoms with E-state index in [0.29, 0.717) is 5.69 Å². The number of hydrogen-bond acceptors (Lipinski definition) is 3. The predicted molar refractivity (Wildman–Crippen MR) is 107 cm³/mol. The van der Waals surface area contributed by atoms with Gasteiger partial charge in [-0.2, -0.15) is 0 Å². The number of benzene rings is 3. The molecule has 0 N–H and O–H groups in total. The highest BCUT2D eigenvalue weighted by Gasteiger charge is 2.14. The molecule has 5 aromatic rings. The van der Waals surface area contributed by atoms with Gasteiger partial charge in [0.2, 0.25) is 0 Å². The fraction of sp³-hybridized carbons (Fsp3) is 0. The first-order chi connectivity index (χ1) is 12.8. The second-order valence-corrected chi connectivity index (χ2v) is 6.97. The third kappa shape index (κ3) is 2.27. The molecule has 3 aromatic carbocycles. The van der Waals surface area contributed by atoms with Gasteiger partial charge in [0.25, 0.3) is 0 Å². The summed E-state index contributed by atoms with van der Waals surface area (Å²) in [7, 11) is 0. The second-order valence-electron chi connectivity index (χ2n) is 6.13. The van der Waals surface area contributed by atoms with E-state index >= 15 is 0 Å². The van der Waals surface area contributed by atoms with E-state index in [4.69, 9.17) is 4.98 Å². The van der Waals surface area contributed by atoms with E-state index < -0.39 is 0 Å². The predicted octanol–water partition coefficient (Wildman–Crippen LogP) is 5.72. The number of aldehydes is 1. The molecule has 0 saturated heterocycles. The maximum absolute atomic E-state index is 11.2. The van der Waals surface area contributed by atoms with Crippen molar-refractivity contribution in [3.63, 3.8) is 0 Å². The quantitative estimate of drug-likeness (QED) is 0.307. The van der Waals surface area contributed by atoms with E-state index in [2.05, 4.69) is 60.0 Å². The molecule has 26 heavy (non-hydrogen) atoms. The maximum atomic E-state index is 11.2. The fourth-order valence-electron chi connectivity index (χ4n) is 3.44. The first-order valence-electron chi connectivity index (χ1n) is 8.34. The van der Waals surface area contributed by atoms with Crippen molar-refractivity contribution in [2.75, 3.05) is 0 Å². The zero-order valence-electron chi connectivity index (χ0n) is 13.8. The van der Waals surface area contributed by atoms with Crippen LogP contribution >= 0.6 is 11.3 Å². The summed E-state index contributed by atoms with van der Waals surface area (Å²) in [6.07, 6.45) is 2.72. The van der Waals surface area contributed by atoms with Crippen LogP contribution in [-0.4, -0.2) is 15.8 Å². The van der Waals surface area contributed by atoms with Gasteiger partial charge in [0.05, 0.1) is 11.4 Å². The van der Waals surface area contributed by atoms with E-state index in [-0.39, 0.29) is 0 Å². The first-order valence-corrected chi connectivity index (χ1v) is 9.22. The fourth-order valence-corrected chi connectivity index (χ4v) is 4.26. The van der Waals surface area contributed by atoms with Crippen LogP contribution in [0.1, 0.15) is 10.5 Å². The summed E-state index contributed by atoms with van der Waals surface area (Å²) in [6.45, 7) is 0.